The fourth-order valence-corrected chi connectivity index (χ4v) is 7.14. The van der Waals surface area contributed by atoms with Crippen LogP contribution in [0.4, 0.5) is 4.79 Å². The number of hydrogen-bond acceptors (Lipinski definition) is 14. The predicted molar refractivity (Wildman–Crippen MR) is 174 cm³/mol. The van der Waals surface area contributed by atoms with E-state index in [-0.39, 0.29) is 6.61 Å². The first-order chi connectivity index (χ1) is 23.4. The number of rotatable bonds is 24. The Balaban J connectivity index is 1.83. The minimum absolute atomic E-state index is 0.176. The van der Waals surface area contributed by atoms with Crippen molar-refractivity contribution in [3.63, 3.8) is 0 Å². The average molecular weight is 733 g/mol. The zero-order valence-corrected chi connectivity index (χ0v) is 29.4. The van der Waals surface area contributed by atoms with Crippen molar-refractivity contribution in [1.82, 2.24) is 10.8 Å². The van der Waals surface area contributed by atoms with Gasteiger partial charge in [-0.2, -0.15) is 0 Å². The van der Waals surface area contributed by atoms with Crippen molar-refractivity contribution in [2.45, 2.75) is 177 Å². The van der Waals surface area contributed by atoms with Crippen LogP contribution in [-0.2, 0) is 23.1 Å². The number of urea groups is 1. The Morgan fingerprint density at radius 1 is 0.694 bits per heavy atom. The number of amides is 2. The molecule has 1 saturated carbocycles. The number of hydrogen-bond donors (Lipinski definition) is 11. The molecule has 2 fully saturated rings. The van der Waals surface area contributed by atoms with Gasteiger partial charge < -0.3 is 55.4 Å². The molecule has 1 saturated heterocycles. The number of aliphatic hydroxyl groups excluding tert-OH is 7. The number of carbonyl (C=O) groups excluding carboxylic acids is 1. The van der Waals surface area contributed by atoms with Gasteiger partial charge in [-0.1, -0.05) is 103 Å². The topological polar surface area (TPSA) is 277 Å². The van der Waals surface area contributed by atoms with Gasteiger partial charge in [0.2, 0.25) is 0 Å². The summed E-state index contributed by atoms with van der Waals surface area (Å²) < 4.78 is 34.1. The lowest BCUT2D eigenvalue weighted by molar-refractivity contribution is -0.317. The number of phosphoric acid groups is 1. The lowest BCUT2D eigenvalue weighted by Crippen LogP contribution is -2.69. The fourth-order valence-electron chi connectivity index (χ4n) is 6.17. The summed E-state index contributed by atoms with van der Waals surface area (Å²) in [7, 11) is -4.96. The minimum Gasteiger partial charge on any atom is -0.394 e. The molecule has 0 aromatic rings. The van der Waals surface area contributed by atoms with Crippen molar-refractivity contribution in [1.29, 1.82) is 0 Å². The van der Waals surface area contributed by atoms with Crippen LogP contribution in [0, 0.1) is 0 Å². The van der Waals surface area contributed by atoms with Crippen molar-refractivity contribution in [3.8, 4) is 0 Å². The molecule has 17 nitrogen and oxygen atoms in total. The summed E-state index contributed by atoms with van der Waals surface area (Å²) in [6.45, 7) is 1.21. The second-order valence-electron chi connectivity index (χ2n) is 13.1. The van der Waals surface area contributed by atoms with E-state index in [0.717, 1.165) is 25.7 Å². The van der Waals surface area contributed by atoms with Gasteiger partial charge in [-0.15, -0.1) is 0 Å². The van der Waals surface area contributed by atoms with Crippen LogP contribution in [0.15, 0.2) is 0 Å². The molecule has 18 heteroatoms. The summed E-state index contributed by atoms with van der Waals surface area (Å²) in [6, 6.07) is -2.96. The van der Waals surface area contributed by atoms with E-state index in [1.165, 1.54) is 76.1 Å². The molecule has 1 unspecified atom stereocenters. The molecule has 0 spiro atoms. The number of aliphatic hydroxyl groups is 7. The normalized spacial score (nSPS) is 33.2. The van der Waals surface area contributed by atoms with E-state index in [1.807, 2.05) is 5.32 Å². The molecule has 0 aromatic carbocycles. The highest BCUT2D eigenvalue weighted by molar-refractivity contribution is 7.47. The summed E-state index contributed by atoms with van der Waals surface area (Å²) in [5, 5.41) is 83.2. The average Bonchev–Trinajstić information content (AvgIpc) is 3.08. The summed E-state index contributed by atoms with van der Waals surface area (Å²) in [5.41, 5.74) is 1.25. The van der Waals surface area contributed by atoms with Crippen LogP contribution in [0.1, 0.15) is 110 Å². The molecular formula is C31H61N2O15P. The number of carbonyl (C=O) groups is 1. The van der Waals surface area contributed by atoms with Gasteiger partial charge in [0, 0.05) is 0 Å². The Kier molecular flexibility index (Phi) is 21.2. The van der Waals surface area contributed by atoms with E-state index in [1.54, 1.807) is 0 Å². The molecule has 290 valence electrons. The number of ether oxygens (including phenoxy) is 2. The molecule has 2 aliphatic rings. The van der Waals surface area contributed by atoms with Crippen molar-refractivity contribution < 1.29 is 73.7 Å². The number of nitrogens with one attached hydrogen (secondary N) is 2. The van der Waals surface area contributed by atoms with E-state index in [2.05, 4.69) is 6.92 Å². The summed E-state index contributed by atoms with van der Waals surface area (Å²) >= 11 is 0. The molecule has 1 aliphatic carbocycles. The van der Waals surface area contributed by atoms with E-state index in [0.29, 0.717) is 6.42 Å². The van der Waals surface area contributed by atoms with Gasteiger partial charge in [0.25, 0.3) is 0 Å². The van der Waals surface area contributed by atoms with E-state index < -0.39 is 87.7 Å². The Hall–Kier alpha value is -1.02. The van der Waals surface area contributed by atoms with Gasteiger partial charge in [0.15, 0.2) is 6.29 Å². The second kappa shape index (κ2) is 23.5. The van der Waals surface area contributed by atoms with Gasteiger partial charge in [-0.3, -0.25) is 14.3 Å². The monoisotopic (exact) mass is 732 g/mol. The molecule has 49 heavy (non-hydrogen) atoms. The van der Waals surface area contributed by atoms with Crippen molar-refractivity contribution in [2.75, 3.05) is 13.2 Å². The Morgan fingerprint density at radius 3 is 1.63 bits per heavy atom. The smallest absolute Gasteiger partial charge is 0.394 e. The maximum atomic E-state index is 12.9. The van der Waals surface area contributed by atoms with Crippen molar-refractivity contribution >= 4 is 13.9 Å². The number of hydroxylamine groups is 1. The van der Waals surface area contributed by atoms with Gasteiger partial charge in [-0.05, 0) is 6.42 Å². The largest absolute Gasteiger partial charge is 0.472 e. The lowest BCUT2D eigenvalue weighted by atomic mass is 9.84. The van der Waals surface area contributed by atoms with Crippen LogP contribution in [0.25, 0.3) is 0 Å². The first-order valence-electron chi connectivity index (χ1n) is 17.7. The standard InChI is InChI=1S/C31H61N2O15P/c1-2-3-4-5-6-7-8-9-10-11-12-13-14-15-16-17-18-45-49(43,44)48-29-27(40)25(38)24(37)26(39)28(29)47-30-21(32-31(41)33-42)23(36)22(35)20(19-34)46-30/h20-30,34-40,42H,2-19H2,1H3,(H,43,44)(H2,32,33,41)/t20-,21-,22-,23-,24-,25-,26+,27-,28-,29-,30-/m1/s1. The van der Waals surface area contributed by atoms with Gasteiger partial charge in [0.05, 0.1) is 13.2 Å². The van der Waals surface area contributed by atoms with Crippen LogP contribution in [0.2, 0.25) is 0 Å². The SMILES string of the molecule is CCCCCCCCCCCCCCCCCCOP(=O)(O)O[C@@H]1[C@H](O)[C@H](O)[C@@H](O)[C@H](O)[C@H]1O[C@H]1O[C@H](CO)[C@@H](O)[C@H](O)[C@H]1NC(=O)NO. The van der Waals surface area contributed by atoms with Gasteiger partial charge in [-0.25, -0.2) is 14.8 Å². The third kappa shape index (κ3) is 14.9. The maximum absolute atomic E-state index is 12.9. The van der Waals surface area contributed by atoms with E-state index in [9.17, 15) is 50.0 Å². The molecule has 0 aromatic heterocycles. The number of unbranched alkanes of at least 4 members (excludes halogenated alkanes) is 15. The van der Waals surface area contributed by atoms with Crippen LogP contribution < -0.4 is 10.8 Å². The zero-order chi connectivity index (χ0) is 36.4. The first kappa shape index (κ1) is 44.1. The van der Waals surface area contributed by atoms with Gasteiger partial charge in [0.1, 0.15) is 61.0 Å². The Labute approximate surface area is 288 Å². The van der Waals surface area contributed by atoms with E-state index >= 15 is 0 Å². The maximum Gasteiger partial charge on any atom is 0.472 e. The second-order valence-corrected chi connectivity index (χ2v) is 14.5. The van der Waals surface area contributed by atoms with Crippen LogP contribution in [0.5, 0.6) is 0 Å². The van der Waals surface area contributed by atoms with E-state index in [4.69, 9.17) is 23.7 Å². The molecule has 2 amide bonds. The molecule has 0 radical (unpaired) electrons. The summed E-state index contributed by atoms with van der Waals surface area (Å²) in [5.74, 6) is 0. The molecular weight excluding hydrogens is 671 g/mol. The van der Waals surface area contributed by atoms with Crippen molar-refractivity contribution in [3.05, 3.63) is 0 Å². The minimum atomic E-state index is -4.96. The fraction of sp³-hybridized carbons (Fsp3) is 0.968. The molecule has 2 rings (SSSR count). The predicted octanol–water partition coefficient (Wildman–Crippen LogP) is 1.09. The van der Waals surface area contributed by atoms with Crippen LogP contribution in [-0.4, -0.2) is 132 Å². The quantitative estimate of drug-likeness (QED) is 0.0287. The Morgan fingerprint density at radius 2 is 1.16 bits per heavy atom. The molecule has 1 heterocycles. The molecule has 1 aliphatic heterocycles. The first-order valence-corrected chi connectivity index (χ1v) is 19.2. The highest BCUT2D eigenvalue weighted by Crippen LogP contribution is 2.47. The third-order valence-corrected chi connectivity index (χ3v) is 10.1. The zero-order valence-electron chi connectivity index (χ0n) is 28.5. The Bertz CT molecular complexity index is 955. The summed E-state index contributed by atoms with van der Waals surface area (Å²) in [4.78, 5) is 22.2. The molecule has 11 N–H and O–H groups in total. The summed E-state index contributed by atoms with van der Waals surface area (Å²) in [6.07, 6.45) is -0.875. The molecule has 0 bridgehead atoms. The van der Waals surface area contributed by atoms with Crippen molar-refractivity contribution in [2.24, 2.45) is 0 Å². The van der Waals surface area contributed by atoms with Crippen LogP contribution in [0.3, 0.4) is 0 Å². The lowest BCUT2D eigenvalue weighted by Gasteiger charge is -2.47. The molecule has 12 atom stereocenters. The third-order valence-electron chi connectivity index (χ3n) is 9.13. The van der Waals surface area contributed by atoms with Crippen LogP contribution >= 0.6 is 7.82 Å². The highest BCUT2D eigenvalue weighted by atomic mass is 31.2. The number of phosphoric ester groups is 1. The highest BCUT2D eigenvalue weighted by Gasteiger charge is 2.55. The van der Waals surface area contributed by atoms with Gasteiger partial charge >= 0.3 is 13.9 Å².